The van der Waals surface area contributed by atoms with Crippen LogP contribution >= 0.6 is 11.6 Å². The molecule has 2 heterocycles. The van der Waals surface area contributed by atoms with E-state index in [2.05, 4.69) is 36.4 Å². The fourth-order valence-corrected chi connectivity index (χ4v) is 3.55. The average molecular weight is 333 g/mol. The summed E-state index contributed by atoms with van der Waals surface area (Å²) >= 11 is 6.28. The quantitative estimate of drug-likeness (QED) is 0.936. The molecule has 0 bridgehead atoms. The van der Waals surface area contributed by atoms with Crippen molar-refractivity contribution in [2.24, 2.45) is 11.7 Å². The Morgan fingerprint density at radius 3 is 2.61 bits per heavy atom. The van der Waals surface area contributed by atoms with Gasteiger partial charge in [-0.15, -0.1) is 0 Å². The van der Waals surface area contributed by atoms with Crippen molar-refractivity contribution in [3.05, 3.63) is 51.8 Å². The normalized spacial score (nSPS) is 22.0. The van der Waals surface area contributed by atoms with Gasteiger partial charge < -0.3 is 5.73 Å². The van der Waals surface area contributed by atoms with E-state index in [1.807, 2.05) is 18.2 Å². The second-order valence-electron chi connectivity index (χ2n) is 6.73. The van der Waals surface area contributed by atoms with Crippen molar-refractivity contribution in [1.82, 2.24) is 14.7 Å². The first-order chi connectivity index (χ1) is 11.0. The summed E-state index contributed by atoms with van der Waals surface area (Å²) in [5, 5.41) is 5.52. The van der Waals surface area contributed by atoms with Crippen LogP contribution in [0.4, 0.5) is 0 Å². The molecule has 2 atom stereocenters. The average Bonchev–Trinajstić information content (AvgIpc) is 2.96. The summed E-state index contributed by atoms with van der Waals surface area (Å²) in [6.45, 7) is 10.1. The molecule has 124 valence electrons. The molecule has 2 aromatic rings. The Balaban J connectivity index is 1.78. The molecule has 0 saturated carbocycles. The third-order valence-electron chi connectivity index (χ3n) is 4.94. The maximum absolute atomic E-state index is 6.28. The highest BCUT2D eigenvalue weighted by atomic mass is 35.5. The first-order valence-electron chi connectivity index (χ1n) is 8.20. The standard InChI is InChI=1S/C18H25ClN4/c1-12-8-22(11-18(12)20)10-16-13(2)21-23(14(16)3)9-15-6-4-5-7-17(15)19/h4-7,12,18H,8-11,20H2,1-3H3. The van der Waals surface area contributed by atoms with E-state index < -0.39 is 0 Å². The van der Waals surface area contributed by atoms with Crippen molar-refractivity contribution in [1.29, 1.82) is 0 Å². The van der Waals surface area contributed by atoms with Gasteiger partial charge in [0.25, 0.3) is 0 Å². The monoisotopic (exact) mass is 332 g/mol. The number of likely N-dealkylation sites (tertiary alicyclic amines) is 1. The number of hydrogen-bond donors (Lipinski definition) is 1. The predicted molar refractivity (Wildman–Crippen MR) is 94.7 cm³/mol. The first-order valence-corrected chi connectivity index (χ1v) is 8.57. The zero-order chi connectivity index (χ0) is 16.6. The largest absolute Gasteiger partial charge is 0.326 e. The number of halogens is 1. The van der Waals surface area contributed by atoms with Gasteiger partial charge in [-0.25, -0.2) is 0 Å². The number of hydrogen-bond acceptors (Lipinski definition) is 3. The molecule has 0 aliphatic carbocycles. The van der Waals surface area contributed by atoms with Gasteiger partial charge in [0.05, 0.1) is 12.2 Å². The van der Waals surface area contributed by atoms with E-state index >= 15 is 0 Å². The minimum absolute atomic E-state index is 0.286. The van der Waals surface area contributed by atoms with Crippen molar-refractivity contribution in [3.8, 4) is 0 Å². The summed E-state index contributed by atoms with van der Waals surface area (Å²) < 4.78 is 2.06. The summed E-state index contributed by atoms with van der Waals surface area (Å²) in [5.41, 5.74) is 10.9. The predicted octanol–water partition coefficient (Wildman–Crippen LogP) is 2.98. The lowest BCUT2D eigenvalue weighted by atomic mass is 10.1. The lowest BCUT2D eigenvalue weighted by Crippen LogP contribution is -2.28. The second-order valence-corrected chi connectivity index (χ2v) is 7.14. The van der Waals surface area contributed by atoms with E-state index in [1.54, 1.807) is 0 Å². The van der Waals surface area contributed by atoms with E-state index in [0.717, 1.165) is 35.9 Å². The van der Waals surface area contributed by atoms with Gasteiger partial charge in [0.1, 0.15) is 0 Å². The summed E-state index contributed by atoms with van der Waals surface area (Å²) in [6, 6.07) is 8.24. The summed E-state index contributed by atoms with van der Waals surface area (Å²) in [6.07, 6.45) is 0. The Bertz CT molecular complexity index is 684. The minimum atomic E-state index is 0.286. The van der Waals surface area contributed by atoms with Gasteiger partial charge >= 0.3 is 0 Å². The fourth-order valence-electron chi connectivity index (χ4n) is 3.35. The van der Waals surface area contributed by atoms with E-state index in [9.17, 15) is 0 Å². The molecule has 23 heavy (non-hydrogen) atoms. The molecule has 0 spiro atoms. The van der Waals surface area contributed by atoms with Crippen molar-refractivity contribution in [2.75, 3.05) is 13.1 Å². The Morgan fingerprint density at radius 2 is 1.96 bits per heavy atom. The molecule has 5 heteroatoms. The van der Waals surface area contributed by atoms with E-state index in [4.69, 9.17) is 22.4 Å². The summed E-state index contributed by atoms with van der Waals surface area (Å²) in [4.78, 5) is 2.44. The Morgan fingerprint density at radius 1 is 1.22 bits per heavy atom. The minimum Gasteiger partial charge on any atom is -0.326 e. The molecule has 1 aromatic carbocycles. The highest BCUT2D eigenvalue weighted by molar-refractivity contribution is 6.31. The van der Waals surface area contributed by atoms with Crippen LogP contribution in [0.5, 0.6) is 0 Å². The third-order valence-corrected chi connectivity index (χ3v) is 5.31. The molecule has 1 aromatic heterocycles. The lowest BCUT2D eigenvalue weighted by Gasteiger charge is -2.15. The molecule has 0 radical (unpaired) electrons. The van der Waals surface area contributed by atoms with Crippen LogP contribution in [-0.4, -0.2) is 33.8 Å². The van der Waals surface area contributed by atoms with Gasteiger partial charge in [0, 0.05) is 42.0 Å². The van der Waals surface area contributed by atoms with Gasteiger partial charge in [-0.05, 0) is 31.4 Å². The molecule has 1 aliphatic heterocycles. The van der Waals surface area contributed by atoms with Crippen LogP contribution in [0.2, 0.25) is 5.02 Å². The number of benzene rings is 1. The Labute approximate surface area is 143 Å². The van der Waals surface area contributed by atoms with E-state index in [1.165, 1.54) is 11.3 Å². The molecular formula is C18H25ClN4. The SMILES string of the molecule is Cc1nn(Cc2ccccc2Cl)c(C)c1CN1CC(C)C(N)C1. The van der Waals surface area contributed by atoms with Crippen LogP contribution < -0.4 is 5.73 Å². The first kappa shape index (κ1) is 16.5. The van der Waals surface area contributed by atoms with E-state index in [-0.39, 0.29) is 6.04 Å². The van der Waals surface area contributed by atoms with Crippen molar-refractivity contribution < 1.29 is 0 Å². The Hall–Kier alpha value is -1.36. The van der Waals surface area contributed by atoms with Crippen molar-refractivity contribution in [3.63, 3.8) is 0 Å². The van der Waals surface area contributed by atoms with Crippen LogP contribution in [0.3, 0.4) is 0 Å². The number of aromatic nitrogens is 2. The van der Waals surface area contributed by atoms with Crippen LogP contribution in [0, 0.1) is 19.8 Å². The molecule has 1 aliphatic rings. The second kappa shape index (κ2) is 6.63. The topological polar surface area (TPSA) is 47.1 Å². The van der Waals surface area contributed by atoms with Crippen molar-refractivity contribution >= 4 is 11.6 Å². The van der Waals surface area contributed by atoms with Gasteiger partial charge in [0.2, 0.25) is 0 Å². The summed E-state index contributed by atoms with van der Waals surface area (Å²) in [5.74, 6) is 0.564. The zero-order valence-electron chi connectivity index (χ0n) is 14.1. The fraction of sp³-hybridized carbons (Fsp3) is 0.500. The third kappa shape index (κ3) is 3.44. The number of nitrogens with two attached hydrogens (primary N) is 1. The highest BCUT2D eigenvalue weighted by Gasteiger charge is 2.27. The lowest BCUT2D eigenvalue weighted by molar-refractivity contribution is 0.317. The van der Waals surface area contributed by atoms with E-state index in [0.29, 0.717) is 12.5 Å². The molecule has 4 nitrogen and oxygen atoms in total. The Kier molecular flexibility index (Phi) is 4.76. The molecule has 3 rings (SSSR count). The molecule has 1 saturated heterocycles. The van der Waals surface area contributed by atoms with Crippen LogP contribution in [0.25, 0.3) is 0 Å². The smallest absolute Gasteiger partial charge is 0.0677 e. The number of nitrogens with zero attached hydrogens (tertiary/aromatic N) is 3. The summed E-state index contributed by atoms with van der Waals surface area (Å²) in [7, 11) is 0. The molecule has 0 amide bonds. The van der Waals surface area contributed by atoms with Crippen LogP contribution in [0.15, 0.2) is 24.3 Å². The highest BCUT2D eigenvalue weighted by Crippen LogP contribution is 2.23. The van der Waals surface area contributed by atoms with Crippen LogP contribution in [-0.2, 0) is 13.1 Å². The maximum atomic E-state index is 6.28. The van der Waals surface area contributed by atoms with Gasteiger partial charge in [-0.3, -0.25) is 9.58 Å². The van der Waals surface area contributed by atoms with Gasteiger partial charge in [-0.2, -0.15) is 5.10 Å². The molecular weight excluding hydrogens is 308 g/mol. The van der Waals surface area contributed by atoms with Gasteiger partial charge in [0.15, 0.2) is 0 Å². The van der Waals surface area contributed by atoms with Crippen LogP contribution in [0.1, 0.15) is 29.4 Å². The molecule has 1 fully saturated rings. The maximum Gasteiger partial charge on any atom is 0.0677 e. The van der Waals surface area contributed by atoms with Crippen molar-refractivity contribution in [2.45, 2.75) is 39.9 Å². The number of rotatable bonds is 4. The molecule has 2 N–H and O–H groups in total. The zero-order valence-corrected chi connectivity index (χ0v) is 14.8. The van der Waals surface area contributed by atoms with Gasteiger partial charge in [-0.1, -0.05) is 36.7 Å². The number of aryl methyl sites for hydroxylation is 1. The molecule has 2 unspecified atom stereocenters.